The van der Waals surface area contributed by atoms with Crippen molar-refractivity contribution in [1.82, 2.24) is 5.43 Å². The molecule has 9 heteroatoms. The number of amidine groups is 1. The number of hydrazone groups is 1. The normalized spacial score (nSPS) is 12.7. The van der Waals surface area contributed by atoms with Crippen LogP contribution in [0.1, 0.15) is 63.8 Å². The first-order chi connectivity index (χ1) is 17.2. The fourth-order valence-corrected chi connectivity index (χ4v) is 4.14. The third kappa shape index (κ3) is 6.74. The minimum atomic E-state index is -0.546. The predicted octanol–water partition coefficient (Wildman–Crippen LogP) is 7.07. The van der Waals surface area contributed by atoms with E-state index in [0.717, 1.165) is 11.1 Å². The fourth-order valence-electron chi connectivity index (χ4n) is 3.67. The number of hydrogen-bond acceptors (Lipinski definition) is 6. The van der Waals surface area contributed by atoms with Crippen LogP contribution in [0.15, 0.2) is 69.2 Å². The van der Waals surface area contributed by atoms with Gasteiger partial charge in [-0.05, 0) is 51.0 Å². The maximum atomic E-state index is 11.2. The van der Waals surface area contributed by atoms with E-state index in [1.54, 1.807) is 0 Å². The molecule has 3 aromatic rings. The van der Waals surface area contributed by atoms with Crippen LogP contribution in [0, 0.1) is 10.1 Å². The molecule has 0 amide bonds. The van der Waals surface area contributed by atoms with Gasteiger partial charge in [0, 0.05) is 34.4 Å². The zero-order chi connectivity index (χ0) is 27.5. The zero-order valence-corrected chi connectivity index (χ0v) is 23.3. The average molecular weight is 567 g/mol. The monoisotopic (exact) mass is 566 g/mol. The van der Waals surface area contributed by atoms with Crippen LogP contribution < -0.4 is 5.43 Å². The molecule has 0 aliphatic rings. The number of hydrogen-bond donors (Lipinski definition) is 3. The van der Waals surface area contributed by atoms with E-state index in [2.05, 4.69) is 26.5 Å². The average Bonchev–Trinajstić information content (AvgIpc) is 2.80. The summed E-state index contributed by atoms with van der Waals surface area (Å²) in [5, 5.41) is 37.0. The maximum Gasteiger partial charge on any atom is 0.271 e. The number of nitrogens with one attached hydrogen (secondary N) is 1. The number of aliphatic imine (C=N–C) groups is 1. The van der Waals surface area contributed by atoms with Crippen LogP contribution >= 0.6 is 15.9 Å². The summed E-state index contributed by atoms with van der Waals surface area (Å²) in [6, 6.07) is 15.6. The van der Waals surface area contributed by atoms with E-state index in [1.165, 1.54) is 18.3 Å². The van der Waals surface area contributed by atoms with Crippen LogP contribution in [0.2, 0.25) is 0 Å². The highest BCUT2D eigenvalue weighted by Crippen LogP contribution is 2.40. The lowest BCUT2D eigenvalue weighted by atomic mass is 9.78. The zero-order valence-electron chi connectivity index (χ0n) is 21.7. The van der Waals surface area contributed by atoms with E-state index in [-0.39, 0.29) is 38.1 Å². The van der Waals surface area contributed by atoms with Crippen LogP contribution in [0.4, 0.5) is 11.4 Å². The lowest BCUT2D eigenvalue weighted by Gasteiger charge is -2.28. The summed E-state index contributed by atoms with van der Waals surface area (Å²) in [6.45, 7) is 12.2. The van der Waals surface area contributed by atoms with Gasteiger partial charge < -0.3 is 10.2 Å². The van der Waals surface area contributed by atoms with E-state index in [9.17, 15) is 20.3 Å². The van der Waals surface area contributed by atoms with Crippen molar-refractivity contribution < 1.29 is 15.1 Å². The Kier molecular flexibility index (Phi) is 8.07. The Bertz CT molecular complexity index is 1340. The summed E-state index contributed by atoms with van der Waals surface area (Å²) in [5.74, 6) is 0.479. The van der Waals surface area contributed by atoms with E-state index in [1.807, 2.05) is 84.0 Å². The maximum absolute atomic E-state index is 11.2. The second kappa shape index (κ2) is 10.7. The quantitative estimate of drug-likeness (QED) is 0.132. The third-order valence-electron chi connectivity index (χ3n) is 5.66. The Morgan fingerprint density at radius 2 is 1.51 bits per heavy atom. The van der Waals surface area contributed by atoms with Gasteiger partial charge in [-0.15, -0.1) is 0 Å². The standard InChI is InChI=1S/C28H31BrN4O4/c1-27(2,3)21-13-17(14-22(25(21)35)28(4,5)6)26(31-19-10-8-7-9-11-19)32-30-16-18-12-20(33(36)37)15-23(29)24(18)34/h7-16,34-35H,1-6H3,(H,31,32)/b30-16+. The second-order valence-electron chi connectivity index (χ2n) is 10.7. The number of aromatic hydroxyl groups is 2. The van der Waals surface area contributed by atoms with Crippen LogP contribution in [-0.4, -0.2) is 27.2 Å². The SMILES string of the molecule is CC(C)(C)c1cc(C(=Nc2ccccc2)N/N=C/c2cc([N+](=O)[O-])cc(Br)c2O)cc(C(C)(C)C)c1O. The Morgan fingerprint density at radius 1 is 0.946 bits per heavy atom. The Labute approximate surface area is 225 Å². The highest BCUT2D eigenvalue weighted by Gasteiger charge is 2.27. The molecular formula is C28H31BrN4O4. The summed E-state index contributed by atoms with van der Waals surface area (Å²) >= 11 is 3.14. The van der Waals surface area contributed by atoms with E-state index in [4.69, 9.17) is 4.99 Å². The van der Waals surface area contributed by atoms with Crippen molar-refractivity contribution in [3.05, 3.63) is 91.4 Å². The molecule has 0 atom stereocenters. The van der Waals surface area contributed by atoms with Gasteiger partial charge in [-0.2, -0.15) is 5.10 Å². The molecule has 0 spiro atoms. The molecule has 0 fully saturated rings. The number of benzene rings is 3. The summed E-state index contributed by atoms with van der Waals surface area (Å²) in [5.41, 5.74) is 5.15. The van der Waals surface area contributed by atoms with Crippen LogP contribution in [0.25, 0.3) is 0 Å². The van der Waals surface area contributed by atoms with Gasteiger partial charge in [0.15, 0.2) is 5.84 Å². The molecule has 3 aromatic carbocycles. The fraction of sp³-hybridized carbons (Fsp3) is 0.286. The number of nitro benzene ring substituents is 1. The topological polar surface area (TPSA) is 120 Å². The van der Waals surface area contributed by atoms with Crippen molar-refractivity contribution in [2.24, 2.45) is 10.1 Å². The molecule has 0 aliphatic heterocycles. The molecular weight excluding hydrogens is 536 g/mol. The van der Waals surface area contributed by atoms with E-state index in [0.29, 0.717) is 17.1 Å². The number of nitro groups is 1. The van der Waals surface area contributed by atoms with Gasteiger partial charge >= 0.3 is 0 Å². The van der Waals surface area contributed by atoms with Crippen molar-refractivity contribution >= 4 is 39.4 Å². The van der Waals surface area contributed by atoms with Gasteiger partial charge in [0.1, 0.15) is 11.5 Å². The number of rotatable bonds is 5. The Balaban J connectivity index is 2.15. The predicted molar refractivity (Wildman–Crippen MR) is 151 cm³/mol. The van der Waals surface area contributed by atoms with Crippen molar-refractivity contribution in [1.29, 1.82) is 0 Å². The largest absolute Gasteiger partial charge is 0.507 e. The molecule has 0 heterocycles. The van der Waals surface area contributed by atoms with Crippen LogP contribution in [-0.2, 0) is 10.8 Å². The number of para-hydroxylation sites is 1. The molecule has 0 aromatic heterocycles. The van der Waals surface area contributed by atoms with Crippen molar-refractivity contribution in [2.75, 3.05) is 0 Å². The molecule has 3 N–H and O–H groups in total. The van der Waals surface area contributed by atoms with E-state index < -0.39 is 4.92 Å². The molecule has 0 bridgehead atoms. The second-order valence-corrected chi connectivity index (χ2v) is 11.6. The molecule has 194 valence electrons. The summed E-state index contributed by atoms with van der Waals surface area (Å²) in [7, 11) is 0. The van der Waals surface area contributed by atoms with Gasteiger partial charge in [-0.1, -0.05) is 59.7 Å². The highest BCUT2D eigenvalue weighted by atomic mass is 79.9. The number of halogens is 1. The highest BCUT2D eigenvalue weighted by molar-refractivity contribution is 9.10. The van der Waals surface area contributed by atoms with Crippen LogP contribution in [0.3, 0.4) is 0 Å². The lowest BCUT2D eigenvalue weighted by Crippen LogP contribution is -2.23. The molecule has 8 nitrogen and oxygen atoms in total. The lowest BCUT2D eigenvalue weighted by molar-refractivity contribution is -0.385. The summed E-state index contributed by atoms with van der Waals surface area (Å²) in [4.78, 5) is 15.4. The first-order valence-electron chi connectivity index (χ1n) is 11.7. The molecule has 3 rings (SSSR count). The molecule has 37 heavy (non-hydrogen) atoms. The molecule has 0 radical (unpaired) electrons. The minimum Gasteiger partial charge on any atom is -0.507 e. The van der Waals surface area contributed by atoms with Gasteiger partial charge in [0.2, 0.25) is 0 Å². The smallest absolute Gasteiger partial charge is 0.271 e. The van der Waals surface area contributed by atoms with Crippen LogP contribution in [0.5, 0.6) is 11.5 Å². The molecule has 0 saturated carbocycles. The van der Waals surface area contributed by atoms with E-state index >= 15 is 0 Å². The molecule has 0 unspecified atom stereocenters. The first-order valence-corrected chi connectivity index (χ1v) is 12.5. The number of nitrogens with zero attached hydrogens (tertiary/aromatic N) is 3. The van der Waals surface area contributed by atoms with Crippen molar-refractivity contribution in [3.8, 4) is 11.5 Å². The Hall–Kier alpha value is -3.72. The number of phenols is 2. The summed E-state index contributed by atoms with van der Waals surface area (Å²) in [6.07, 6.45) is 1.29. The first kappa shape index (κ1) is 27.9. The molecule has 0 aliphatic carbocycles. The number of phenolic OH excluding ortho intramolecular Hbond substituents is 2. The minimum absolute atomic E-state index is 0.157. The Morgan fingerprint density at radius 3 is 2.03 bits per heavy atom. The van der Waals surface area contributed by atoms with Gasteiger partial charge in [-0.3, -0.25) is 15.5 Å². The van der Waals surface area contributed by atoms with Gasteiger partial charge in [0.05, 0.1) is 21.3 Å². The third-order valence-corrected chi connectivity index (χ3v) is 6.26. The van der Waals surface area contributed by atoms with Gasteiger partial charge in [0.25, 0.3) is 5.69 Å². The summed E-state index contributed by atoms with van der Waals surface area (Å²) < 4.78 is 0.185. The molecule has 0 saturated heterocycles. The van der Waals surface area contributed by atoms with Gasteiger partial charge in [-0.25, -0.2) is 4.99 Å². The van der Waals surface area contributed by atoms with Crippen molar-refractivity contribution in [2.45, 2.75) is 52.4 Å². The number of non-ortho nitro benzene ring substituents is 1. The van der Waals surface area contributed by atoms with Crippen molar-refractivity contribution in [3.63, 3.8) is 0 Å².